The van der Waals surface area contributed by atoms with Crippen LogP contribution in [0.3, 0.4) is 0 Å². The SMILES string of the molecule is CCCCCCn1c(=O)c(OC=O)c(OCC=C(C)C)c2ccc([N+](=O)[O-])cc21. The van der Waals surface area contributed by atoms with E-state index in [0.717, 1.165) is 31.3 Å². The Bertz CT molecular complexity index is 973. The van der Waals surface area contributed by atoms with Crippen LogP contribution in [0.1, 0.15) is 46.5 Å². The number of nitrogens with zero attached hydrogens (tertiary/aromatic N) is 2. The topological polar surface area (TPSA) is 101 Å². The highest BCUT2D eigenvalue weighted by atomic mass is 16.6. The predicted molar refractivity (Wildman–Crippen MR) is 111 cm³/mol. The molecule has 0 aliphatic rings. The molecular weight excluding hydrogens is 376 g/mol. The number of nitro groups is 1. The molecule has 2 aromatic rings. The second kappa shape index (κ2) is 10.4. The van der Waals surface area contributed by atoms with Gasteiger partial charge in [-0.15, -0.1) is 0 Å². The molecule has 0 spiro atoms. The number of allylic oxidation sites excluding steroid dienone is 1. The van der Waals surface area contributed by atoms with Gasteiger partial charge in [0, 0.05) is 24.1 Å². The highest BCUT2D eigenvalue weighted by Gasteiger charge is 2.21. The number of aryl methyl sites for hydroxylation is 1. The average Bonchev–Trinajstić information content (AvgIpc) is 2.68. The van der Waals surface area contributed by atoms with Gasteiger partial charge in [-0.3, -0.25) is 19.7 Å². The van der Waals surface area contributed by atoms with Crippen molar-refractivity contribution in [2.75, 3.05) is 6.61 Å². The highest BCUT2D eigenvalue weighted by molar-refractivity contribution is 5.90. The van der Waals surface area contributed by atoms with Crippen LogP contribution in [0.5, 0.6) is 11.5 Å². The van der Waals surface area contributed by atoms with Crippen LogP contribution in [0.2, 0.25) is 0 Å². The van der Waals surface area contributed by atoms with Crippen LogP contribution < -0.4 is 15.0 Å². The van der Waals surface area contributed by atoms with Crippen molar-refractivity contribution < 1.29 is 19.2 Å². The molecule has 1 aromatic heterocycles. The molecule has 0 aliphatic heterocycles. The van der Waals surface area contributed by atoms with Crippen molar-refractivity contribution in [2.45, 2.75) is 53.0 Å². The third-order valence-corrected chi connectivity index (χ3v) is 4.49. The van der Waals surface area contributed by atoms with Crippen molar-refractivity contribution in [3.63, 3.8) is 0 Å². The molecule has 8 heteroatoms. The Balaban J connectivity index is 2.67. The summed E-state index contributed by atoms with van der Waals surface area (Å²) in [6.07, 6.45) is 5.52. The standard InChI is InChI=1S/C21H26N2O6/c1-4-5-6-7-11-22-18-13-16(23(26)27)8-9-17(18)19(28-12-10-15(2)3)20(21(22)25)29-14-24/h8-10,13-14H,4-7,11-12H2,1-3H3. The fourth-order valence-electron chi connectivity index (χ4n) is 3.01. The Morgan fingerprint density at radius 3 is 2.59 bits per heavy atom. The molecule has 0 atom stereocenters. The molecule has 0 saturated carbocycles. The maximum absolute atomic E-state index is 13.0. The molecule has 0 unspecified atom stereocenters. The van der Waals surface area contributed by atoms with Gasteiger partial charge < -0.3 is 14.0 Å². The lowest BCUT2D eigenvalue weighted by Gasteiger charge is -2.16. The number of pyridine rings is 1. The van der Waals surface area contributed by atoms with Gasteiger partial charge in [0.05, 0.1) is 10.4 Å². The highest BCUT2D eigenvalue weighted by Crippen LogP contribution is 2.34. The van der Waals surface area contributed by atoms with Crippen LogP contribution in [-0.4, -0.2) is 22.6 Å². The fraction of sp³-hybridized carbons (Fsp3) is 0.429. The summed E-state index contributed by atoms with van der Waals surface area (Å²) >= 11 is 0. The average molecular weight is 402 g/mol. The van der Waals surface area contributed by atoms with E-state index in [-0.39, 0.29) is 30.3 Å². The summed E-state index contributed by atoms with van der Waals surface area (Å²) in [4.78, 5) is 34.8. The zero-order valence-electron chi connectivity index (χ0n) is 17.0. The number of carbonyl (C=O) groups excluding carboxylic acids is 1. The lowest BCUT2D eigenvalue weighted by Crippen LogP contribution is -2.24. The van der Waals surface area contributed by atoms with Crippen LogP contribution in [0.25, 0.3) is 10.9 Å². The van der Waals surface area contributed by atoms with Gasteiger partial charge >= 0.3 is 0 Å². The first-order chi connectivity index (χ1) is 13.9. The number of hydrogen-bond acceptors (Lipinski definition) is 6. The van der Waals surface area contributed by atoms with Crippen molar-refractivity contribution in [1.82, 2.24) is 4.57 Å². The van der Waals surface area contributed by atoms with Gasteiger partial charge in [-0.2, -0.15) is 0 Å². The van der Waals surface area contributed by atoms with Crippen LogP contribution in [-0.2, 0) is 11.3 Å². The summed E-state index contributed by atoms with van der Waals surface area (Å²) in [5.74, 6) is -0.103. The van der Waals surface area contributed by atoms with Crippen LogP contribution in [0.4, 0.5) is 5.69 Å². The Hall–Kier alpha value is -3.16. The zero-order chi connectivity index (χ0) is 21.4. The minimum Gasteiger partial charge on any atom is -0.485 e. The fourth-order valence-corrected chi connectivity index (χ4v) is 3.01. The molecule has 8 nitrogen and oxygen atoms in total. The molecule has 1 heterocycles. The van der Waals surface area contributed by atoms with Crippen LogP contribution in [0.15, 0.2) is 34.6 Å². The van der Waals surface area contributed by atoms with E-state index < -0.39 is 10.5 Å². The number of aromatic nitrogens is 1. The summed E-state index contributed by atoms with van der Waals surface area (Å²) in [5, 5.41) is 11.7. The third kappa shape index (κ3) is 5.43. The number of carbonyl (C=O) groups is 1. The van der Waals surface area contributed by atoms with E-state index in [9.17, 15) is 19.7 Å². The number of unbranched alkanes of at least 4 members (excludes halogenated alkanes) is 3. The first-order valence-electron chi connectivity index (χ1n) is 9.62. The Morgan fingerprint density at radius 2 is 1.97 bits per heavy atom. The molecule has 156 valence electrons. The molecule has 0 radical (unpaired) electrons. The molecule has 29 heavy (non-hydrogen) atoms. The second-order valence-electron chi connectivity index (χ2n) is 6.94. The molecule has 0 amide bonds. The van der Waals surface area contributed by atoms with Crippen molar-refractivity contribution in [3.8, 4) is 11.5 Å². The van der Waals surface area contributed by atoms with E-state index in [4.69, 9.17) is 9.47 Å². The largest absolute Gasteiger partial charge is 0.485 e. The first kappa shape index (κ1) is 22.1. The summed E-state index contributed by atoms with van der Waals surface area (Å²) in [6, 6.07) is 4.21. The van der Waals surface area contributed by atoms with Crippen molar-refractivity contribution in [2.24, 2.45) is 0 Å². The number of benzene rings is 1. The summed E-state index contributed by atoms with van der Waals surface area (Å²) in [6.45, 7) is 6.61. The van der Waals surface area contributed by atoms with Crippen molar-refractivity contribution in [3.05, 3.63) is 50.3 Å². The lowest BCUT2D eigenvalue weighted by atomic mass is 10.1. The van der Waals surface area contributed by atoms with E-state index in [1.54, 1.807) is 0 Å². The first-order valence-corrected chi connectivity index (χ1v) is 9.62. The normalized spacial score (nSPS) is 10.6. The zero-order valence-corrected chi connectivity index (χ0v) is 17.0. The van der Waals surface area contributed by atoms with Gasteiger partial charge in [0.2, 0.25) is 5.75 Å². The lowest BCUT2D eigenvalue weighted by molar-refractivity contribution is -0.384. The Kier molecular flexibility index (Phi) is 7.94. The molecule has 0 aliphatic carbocycles. The Labute approximate surface area is 168 Å². The van der Waals surface area contributed by atoms with Crippen molar-refractivity contribution >= 4 is 23.1 Å². The maximum atomic E-state index is 13.0. The van der Waals surface area contributed by atoms with E-state index >= 15 is 0 Å². The smallest absolute Gasteiger partial charge is 0.298 e. The quantitative estimate of drug-likeness (QED) is 0.182. The number of nitro benzene ring substituents is 1. The minimum atomic E-state index is -0.547. The van der Waals surface area contributed by atoms with Gasteiger partial charge in [0.25, 0.3) is 17.7 Å². The molecule has 2 rings (SSSR count). The van der Waals surface area contributed by atoms with E-state index in [1.165, 1.54) is 22.8 Å². The van der Waals surface area contributed by atoms with Crippen LogP contribution in [0, 0.1) is 10.1 Å². The number of hydrogen-bond donors (Lipinski definition) is 0. The van der Waals surface area contributed by atoms with Crippen molar-refractivity contribution in [1.29, 1.82) is 0 Å². The number of fused-ring (bicyclic) bond motifs is 1. The van der Waals surface area contributed by atoms with Gasteiger partial charge in [0.1, 0.15) is 6.61 Å². The van der Waals surface area contributed by atoms with Gasteiger partial charge in [-0.1, -0.05) is 31.8 Å². The molecule has 1 aromatic carbocycles. The van der Waals surface area contributed by atoms with Gasteiger partial charge in [0.15, 0.2) is 5.75 Å². The molecule has 0 saturated heterocycles. The summed E-state index contributed by atoms with van der Waals surface area (Å²) in [5.41, 5.74) is 0.727. The van der Waals surface area contributed by atoms with E-state index in [1.807, 2.05) is 19.9 Å². The molecule has 0 N–H and O–H groups in total. The monoisotopic (exact) mass is 402 g/mol. The van der Waals surface area contributed by atoms with Gasteiger partial charge in [-0.25, -0.2) is 0 Å². The number of rotatable bonds is 11. The van der Waals surface area contributed by atoms with Gasteiger partial charge in [-0.05, 0) is 32.4 Å². The third-order valence-electron chi connectivity index (χ3n) is 4.49. The second-order valence-corrected chi connectivity index (χ2v) is 6.94. The Morgan fingerprint density at radius 1 is 1.21 bits per heavy atom. The summed E-state index contributed by atoms with van der Waals surface area (Å²) < 4.78 is 12.2. The molecular formula is C21H26N2O6. The maximum Gasteiger partial charge on any atom is 0.298 e. The van der Waals surface area contributed by atoms with E-state index in [0.29, 0.717) is 17.4 Å². The molecule has 0 bridgehead atoms. The molecule has 0 fully saturated rings. The number of non-ortho nitro benzene ring substituents is 1. The predicted octanol–water partition coefficient (Wildman–Crippen LogP) is 4.37. The van der Waals surface area contributed by atoms with Crippen LogP contribution >= 0.6 is 0 Å². The summed E-state index contributed by atoms with van der Waals surface area (Å²) in [7, 11) is 0. The van der Waals surface area contributed by atoms with E-state index in [2.05, 4.69) is 6.92 Å². The minimum absolute atomic E-state index is 0.106. The number of ether oxygens (including phenoxy) is 2.